The molecule has 1 N–H and O–H groups in total. The quantitative estimate of drug-likeness (QED) is 0.706. The van der Waals surface area contributed by atoms with Crippen molar-refractivity contribution in [1.82, 2.24) is 4.98 Å². The number of benzene rings is 2. The summed E-state index contributed by atoms with van der Waals surface area (Å²) in [5, 5.41) is 0.526. The van der Waals surface area contributed by atoms with Crippen LogP contribution in [0.4, 0.5) is 15.2 Å². The highest BCUT2D eigenvalue weighted by molar-refractivity contribution is 7.22. The zero-order chi connectivity index (χ0) is 19.6. The van der Waals surface area contributed by atoms with Crippen molar-refractivity contribution < 1.29 is 14.1 Å². The van der Waals surface area contributed by atoms with Gasteiger partial charge in [-0.3, -0.25) is 9.69 Å². The number of rotatable bonds is 6. The third kappa shape index (κ3) is 4.26. The van der Waals surface area contributed by atoms with E-state index >= 15 is 0 Å². The molecule has 0 aliphatic carbocycles. The highest BCUT2D eigenvalue weighted by atomic mass is 32.1. The van der Waals surface area contributed by atoms with E-state index in [0.29, 0.717) is 22.8 Å². The predicted octanol–water partition coefficient (Wildman–Crippen LogP) is 2.29. The van der Waals surface area contributed by atoms with Crippen LogP contribution in [0.25, 0.3) is 10.2 Å². The van der Waals surface area contributed by atoms with Crippen LogP contribution < -0.4 is 14.7 Å². The number of carbonyl (C=O) groups excluding carboxylic acids is 1. The van der Waals surface area contributed by atoms with Crippen LogP contribution in [-0.4, -0.2) is 52.2 Å². The van der Waals surface area contributed by atoms with Crippen LogP contribution in [0.1, 0.15) is 10.4 Å². The molecule has 142 valence electrons. The third-order valence-corrected chi connectivity index (χ3v) is 5.34. The molecular weight excluding hydrogens is 363 g/mol. The Hall–Kier alpha value is -2.51. The second kappa shape index (κ2) is 8.02. The summed E-state index contributed by atoms with van der Waals surface area (Å²) in [4.78, 5) is 22.5. The Labute approximate surface area is 162 Å². The van der Waals surface area contributed by atoms with Crippen molar-refractivity contribution >= 4 is 38.3 Å². The topological polar surface area (TPSA) is 40.9 Å². The monoisotopic (exact) mass is 387 g/mol. The fraction of sp³-hybridized carbons (Fsp3) is 0.300. The Morgan fingerprint density at radius 2 is 1.85 bits per heavy atom. The van der Waals surface area contributed by atoms with Gasteiger partial charge in [0.1, 0.15) is 11.3 Å². The average molecular weight is 388 g/mol. The number of amides is 1. The number of aromatic nitrogens is 1. The molecule has 7 heteroatoms. The molecule has 0 atom stereocenters. The second-order valence-corrected chi connectivity index (χ2v) is 7.95. The fourth-order valence-corrected chi connectivity index (χ4v) is 3.70. The number of nitrogens with zero attached hydrogens (tertiary/aromatic N) is 3. The lowest BCUT2D eigenvalue weighted by Gasteiger charge is -2.21. The summed E-state index contributed by atoms with van der Waals surface area (Å²) in [6.45, 7) is 1.28. The van der Waals surface area contributed by atoms with Crippen molar-refractivity contribution in [2.75, 3.05) is 51.1 Å². The Bertz CT molecular complexity index is 937. The Morgan fingerprint density at radius 3 is 2.44 bits per heavy atom. The van der Waals surface area contributed by atoms with Crippen molar-refractivity contribution in [1.29, 1.82) is 0 Å². The van der Waals surface area contributed by atoms with E-state index in [0.717, 1.165) is 16.9 Å². The normalized spacial score (nSPS) is 11.2. The van der Waals surface area contributed by atoms with Gasteiger partial charge >= 0.3 is 0 Å². The predicted molar refractivity (Wildman–Crippen MR) is 110 cm³/mol. The molecule has 0 aliphatic rings. The van der Waals surface area contributed by atoms with Gasteiger partial charge in [0.25, 0.3) is 5.91 Å². The van der Waals surface area contributed by atoms with Crippen LogP contribution in [-0.2, 0) is 0 Å². The number of anilines is 2. The maximum Gasteiger partial charge on any atom is 0.260 e. The molecular formula is C20H24FN4OS+. The van der Waals surface area contributed by atoms with E-state index in [2.05, 4.69) is 4.98 Å². The number of likely N-dealkylation sites (N-methyl/N-ethyl adjacent to an activating group) is 1. The number of hydrogen-bond donors (Lipinski definition) is 1. The first-order chi connectivity index (χ1) is 12.9. The van der Waals surface area contributed by atoms with Crippen LogP contribution in [0, 0.1) is 5.82 Å². The van der Waals surface area contributed by atoms with E-state index in [9.17, 15) is 9.18 Å². The maximum atomic E-state index is 14.1. The molecule has 0 unspecified atom stereocenters. The summed E-state index contributed by atoms with van der Waals surface area (Å²) in [5.74, 6) is -0.489. The molecule has 1 aromatic heterocycles. The molecule has 0 spiro atoms. The van der Waals surface area contributed by atoms with E-state index in [-0.39, 0.29) is 11.7 Å². The molecule has 0 saturated heterocycles. The van der Waals surface area contributed by atoms with Crippen LogP contribution in [0.3, 0.4) is 0 Å². The first-order valence-electron chi connectivity index (χ1n) is 8.80. The molecule has 0 radical (unpaired) electrons. The van der Waals surface area contributed by atoms with Crippen molar-refractivity contribution in [3.8, 4) is 0 Å². The first kappa shape index (κ1) is 19.3. The number of thiazole rings is 1. The van der Waals surface area contributed by atoms with Crippen LogP contribution >= 0.6 is 11.3 Å². The van der Waals surface area contributed by atoms with Crippen LogP contribution in [0.15, 0.2) is 42.5 Å². The Kier molecular flexibility index (Phi) is 5.72. The van der Waals surface area contributed by atoms with Crippen molar-refractivity contribution in [2.45, 2.75) is 0 Å². The van der Waals surface area contributed by atoms with Gasteiger partial charge in [-0.05, 0) is 36.4 Å². The lowest BCUT2D eigenvalue weighted by atomic mass is 10.1. The van der Waals surface area contributed by atoms with E-state index in [1.54, 1.807) is 11.0 Å². The van der Waals surface area contributed by atoms with E-state index in [1.165, 1.54) is 22.3 Å². The number of para-hydroxylation sites is 1. The summed E-state index contributed by atoms with van der Waals surface area (Å²) in [6, 6.07) is 12.4. The number of halogens is 1. The van der Waals surface area contributed by atoms with Crippen molar-refractivity contribution in [3.63, 3.8) is 0 Å². The van der Waals surface area contributed by atoms with Gasteiger partial charge in [0.15, 0.2) is 5.13 Å². The van der Waals surface area contributed by atoms with E-state index < -0.39 is 0 Å². The number of nitrogens with one attached hydrogen (secondary N) is 1. The van der Waals surface area contributed by atoms with Crippen molar-refractivity contribution in [2.24, 2.45) is 0 Å². The largest absolute Gasteiger partial charge is 0.378 e. The zero-order valence-electron chi connectivity index (χ0n) is 16.0. The minimum Gasteiger partial charge on any atom is -0.378 e. The van der Waals surface area contributed by atoms with Gasteiger partial charge in [-0.25, -0.2) is 9.37 Å². The summed E-state index contributed by atoms with van der Waals surface area (Å²) in [7, 11) is 7.98. The smallest absolute Gasteiger partial charge is 0.260 e. The standard InChI is InChI=1S/C20H23FN4OS/c1-23(2)12-13-25(19(26)14-8-10-15(11-9-14)24(3)4)20-22-18-16(21)6-5-7-17(18)27-20/h5-11H,12-13H2,1-4H3/p+1. The highest BCUT2D eigenvalue weighted by Crippen LogP contribution is 2.31. The lowest BCUT2D eigenvalue weighted by molar-refractivity contribution is -0.856. The van der Waals surface area contributed by atoms with Crippen LogP contribution in [0.2, 0.25) is 0 Å². The molecule has 0 aliphatic heterocycles. The second-order valence-electron chi connectivity index (χ2n) is 6.94. The molecule has 5 nitrogen and oxygen atoms in total. The number of quaternary nitrogens is 1. The lowest BCUT2D eigenvalue weighted by Crippen LogP contribution is -3.06. The maximum absolute atomic E-state index is 14.1. The number of fused-ring (bicyclic) bond motifs is 1. The number of carbonyl (C=O) groups is 1. The van der Waals surface area contributed by atoms with Crippen LogP contribution in [0.5, 0.6) is 0 Å². The molecule has 3 aromatic rings. The third-order valence-electron chi connectivity index (χ3n) is 4.30. The van der Waals surface area contributed by atoms with Gasteiger partial charge in [0.05, 0.1) is 31.9 Å². The molecule has 0 fully saturated rings. The van der Waals surface area contributed by atoms with E-state index in [4.69, 9.17) is 0 Å². The average Bonchev–Trinajstić information content (AvgIpc) is 3.07. The van der Waals surface area contributed by atoms with Gasteiger partial charge in [-0.15, -0.1) is 0 Å². The molecule has 1 heterocycles. The van der Waals surface area contributed by atoms with Crippen molar-refractivity contribution in [3.05, 3.63) is 53.8 Å². The summed E-state index contributed by atoms with van der Waals surface area (Å²) in [5.41, 5.74) is 1.93. The summed E-state index contributed by atoms with van der Waals surface area (Å²) in [6.07, 6.45) is 0. The Morgan fingerprint density at radius 1 is 1.15 bits per heavy atom. The number of hydrogen-bond acceptors (Lipinski definition) is 4. The SMILES string of the molecule is CN(C)c1ccc(C(=O)N(CC[NH+](C)C)c2nc3c(F)cccc3s2)cc1. The Balaban J connectivity index is 1.96. The van der Waals surface area contributed by atoms with Gasteiger partial charge in [-0.1, -0.05) is 17.4 Å². The molecule has 2 aromatic carbocycles. The highest BCUT2D eigenvalue weighted by Gasteiger charge is 2.23. The van der Waals surface area contributed by atoms with Gasteiger partial charge in [-0.2, -0.15) is 0 Å². The first-order valence-corrected chi connectivity index (χ1v) is 9.62. The van der Waals surface area contributed by atoms with Gasteiger partial charge < -0.3 is 9.80 Å². The van der Waals surface area contributed by atoms with Gasteiger partial charge in [0.2, 0.25) is 0 Å². The fourth-order valence-electron chi connectivity index (χ4n) is 2.70. The summed E-state index contributed by atoms with van der Waals surface area (Å²) >= 11 is 1.34. The molecule has 27 heavy (non-hydrogen) atoms. The zero-order valence-corrected chi connectivity index (χ0v) is 16.8. The van der Waals surface area contributed by atoms with E-state index in [1.807, 2.05) is 63.4 Å². The molecule has 1 amide bonds. The van der Waals surface area contributed by atoms with Gasteiger partial charge in [0, 0.05) is 25.3 Å². The minimum absolute atomic E-state index is 0.124. The minimum atomic E-state index is -0.365. The summed E-state index contributed by atoms with van der Waals surface area (Å²) < 4.78 is 14.8. The molecule has 3 rings (SSSR count). The molecule has 0 saturated carbocycles. The molecule has 0 bridgehead atoms.